The molecule has 0 N–H and O–H groups in total. The summed E-state index contributed by atoms with van der Waals surface area (Å²) < 4.78 is 6.12. The van der Waals surface area contributed by atoms with Crippen molar-refractivity contribution in [2.45, 2.75) is 19.3 Å². The third-order valence-electron chi connectivity index (χ3n) is 5.42. The van der Waals surface area contributed by atoms with E-state index >= 15 is 0 Å². The Kier molecular flexibility index (Phi) is 3.32. The molecule has 2 nitrogen and oxygen atoms in total. The maximum Gasteiger partial charge on any atom is 0.174 e. The van der Waals surface area contributed by atoms with Crippen molar-refractivity contribution in [3.8, 4) is 11.3 Å². The first-order valence-corrected chi connectivity index (χ1v) is 8.93. The van der Waals surface area contributed by atoms with Crippen LogP contribution in [0.2, 0.25) is 0 Å². The third kappa shape index (κ3) is 2.15. The van der Waals surface area contributed by atoms with E-state index in [1.807, 2.05) is 61.5 Å². The van der Waals surface area contributed by atoms with Crippen molar-refractivity contribution in [2.24, 2.45) is 0 Å². The molecule has 0 aliphatic heterocycles. The molecular formula is C24H18O2. The predicted molar refractivity (Wildman–Crippen MR) is 104 cm³/mol. The summed E-state index contributed by atoms with van der Waals surface area (Å²) in [6.07, 6.45) is 0.721. The lowest BCUT2D eigenvalue weighted by molar-refractivity contribution is 0.0972. The Balaban J connectivity index is 1.69. The van der Waals surface area contributed by atoms with Gasteiger partial charge < -0.3 is 4.42 Å². The van der Waals surface area contributed by atoms with E-state index in [4.69, 9.17) is 4.42 Å². The molecular weight excluding hydrogens is 320 g/mol. The summed E-state index contributed by atoms with van der Waals surface area (Å²) in [7, 11) is 0. The molecule has 0 saturated heterocycles. The molecule has 1 heterocycles. The zero-order chi connectivity index (χ0) is 17.7. The van der Waals surface area contributed by atoms with Crippen LogP contribution in [-0.4, -0.2) is 5.78 Å². The van der Waals surface area contributed by atoms with Gasteiger partial charge in [-0.25, -0.2) is 0 Å². The van der Waals surface area contributed by atoms with Crippen LogP contribution >= 0.6 is 0 Å². The van der Waals surface area contributed by atoms with Gasteiger partial charge in [0.2, 0.25) is 0 Å². The normalized spacial score (nSPS) is 16.2. The Labute approximate surface area is 152 Å². The SMILES string of the molecule is Cc1oc(-c2cccc3ccccc23)c2c1CC(c1ccccc1)C2=O. The maximum absolute atomic E-state index is 13.3. The summed E-state index contributed by atoms with van der Waals surface area (Å²) in [6, 6.07) is 24.4. The van der Waals surface area contributed by atoms with E-state index in [1.165, 1.54) is 0 Å². The van der Waals surface area contributed by atoms with Crippen molar-refractivity contribution in [2.75, 3.05) is 0 Å². The van der Waals surface area contributed by atoms with Crippen molar-refractivity contribution < 1.29 is 9.21 Å². The summed E-state index contributed by atoms with van der Waals surface area (Å²) in [5.74, 6) is 1.64. The highest BCUT2D eigenvalue weighted by Gasteiger charge is 2.38. The standard InChI is InChI=1S/C24H18O2/c1-15-20-14-21(17-8-3-2-4-9-17)23(25)22(20)24(26-15)19-13-7-11-16-10-5-6-12-18(16)19/h2-13,21H,14H2,1H3. The second-order valence-corrected chi connectivity index (χ2v) is 6.90. The van der Waals surface area contributed by atoms with Crippen molar-refractivity contribution in [1.82, 2.24) is 0 Å². The van der Waals surface area contributed by atoms with Crippen LogP contribution in [0.25, 0.3) is 22.1 Å². The smallest absolute Gasteiger partial charge is 0.174 e. The molecule has 0 fully saturated rings. The van der Waals surface area contributed by atoms with E-state index in [1.54, 1.807) is 0 Å². The molecule has 0 amide bonds. The molecule has 1 atom stereocenters. The molecule has 1 aliphatic rings. The Morgan fingerprint density at radius 3 is 2.46 bits per heavy atom. The number of furan rings is 1. The molecule has 2 heteroatoms. The van der Waals surface area contributed by atoms with Gasteiger partial charge in [0.25, 0.3) is 0 Å². The quantitative estimate of drug-likeness (QED) is 0.453. The van der Waals surface area contributed by atoms with Crippen LogP contribution in [0.3, 0.4) is 0 Å². The van der Waals surface area contributed by atoms with E-state index < -0.39 is 0 Å². The number of benzene rings is 3. The number of aryl methyl sites for hydroxylation is 1. The van der Waals surface area contributed by atoms with E-state index in [0.29, 0.717) is 0 Å². The van der Waals surface area contributed by atoms with Gasteiger partial charge in [-0.2, -0.15) is 0 Å². The van der Waals surface area contributed by atoms with Crippen molar-refractivity contribution in [1.29, 1.82) is 0 Å². The lowest BCUT2D eigenvalue weighted by Crippen LogP contribution is -2.07. The van der Waals surface area contributed by atoms with Crippen LogP contribution in [-0.2, 0) is 6.42 Å². The molecule has 4 aromatic rings. The fourth-order valence-corrected chi connectivity index (χ4v) is 4.12. The second kappa shape index (κ2) is 5.70. The number of hydrogen-bond acceptors (Lipinski definition) is 2. The number of carbonyl (C=O) groups excluding carboxylic acids is 1. The molecule has 0 radical (unpaired) electrons. The molecule has 126 valence electrons. The number of hydrogen-bond donors (Lipinski definition) is 0. The Hall–Kier alpha value is -3.13. The predicted octanol–water partition coefficient (Wildman–Crippen LogP) is 5.93. The minimum absolute atomic E-state index is 0.106. The molecule has 1 unspecified atom stereocenters. The average molecular weight is 338 g/mol. The topological polar surface area (TPSA) is 30.2 Å². The van der Waals surface area contributed by atoms with Crippen LogP contribution in [0, 0.1) is 6.92 Å². The number of carbonyl (C=O) groups is 1. The first-order valence-electron chi connectivity index (χ1n) is 8.93. The largest absolute Gasteiger partial charge is 0.460 e. The minimum atomic E-state index is -0.106. The van der Waals surface area contributed by atoms with Gasteiger partial charge in [0.05, 0.1) is 11.5 Å². The monoisotopic (exact) mass is 338 g/mol. The van der Waals surface area contributed by atoms with Gasteiger partial charge in [0.1, 0.15) is 11.5 Å². The third-order valence-corrected chi connectivity index (χ3v) is 5.42. The van der Waals surface area contributed by atoms with E-state index in [-0.39, 0.29) is 11.7 Å². The van der Waals surface area contributed by atoms with E-state index in [2.05, 4.69) is 18.2 Å². The summed E-state index contributed by atoms with van der Waals surface area (Å²) in [5, 5.41) is 2.26. The molecule has 26 heavy (non-hydrogen) atoms. The Morgan fingerprint density at radius 1 is 0.885 bits per heavy atom. The number of ketones is 1. The molecule has 1 aliphatic carbocycles. The van der Waals surface area contributed by atoms with Crippen molar-refractivity contribution in [3.63, 3.8) is 0 Å². The van der Waals surface area contributed by atoms with Crippen LogP contribution in [0.5, 0.6) is 0 Å². The molecule has 3 aromatic carbocycles. The summed E-state index contributed by atoms with van der Waals surface area (Å²) in [5.41, 5.74) is 3.91. The van der Waals surface area contributed by atoms with Gasteiger partial charge in [0, 0.05) is 11.1 Å². The van der Waals surface area contributed by atoms with Crippen molar-refractivity contribution >= 4 is 16.6 Å². The Morgan fingerprint density at radius 2 is 1.62 bits per heavy atom. The first-order chi connectivity index (χ1) is 12.7. The lowest BCUT2D eigenvalue weighted by atomic mass is 9.94. The summed E-state index contributed by atoms with van der Waals surface area (Å²) >= 11 is 0. The molecule has 0 spiro atoms. The number of fused-ring (bicyclic) bond motifs is 2. The molecule has 1 aromatic heterocycles. The van der Waals surface area contributed by atoms with Crippen LogP contribution in [0.1, 0.15) is 33.2 Å². The van der Waals surface area contributed by atoms with Gasteiger partial charge in [-0.1, -0.05) is 72.8 Å². The highest BCUT2D eigenvalue weighted by molar-refractivity contribution is 6.11. The zero-order valence-electron chi connectivity index (χ0n) is 14.5. The van der Waals surface area contributed by atoms with Gasteiger partial charge in [-0.15, -0.1) is 0 Å². The van der Waals surface area contributed by atoms with Gasteiger partial charge in [0.15, 0.2) is 5.78 Å². The van der Waals surface area contributed by atoms with Crippen LogP contribution < -0.4 is 0 Å². The fraction of sp³-hybridized carbons (Fsp3) is 0.125. The maximum atomic E-state index is 13.3. The van der Waals surface area contributed by atoms with Crippen LogP contribution in [0.4, 0.5) is 0 Å². The highest BCUT2D eigenvalue weighted by atomic mass is 16.3. The highest BCUT2D eigenvalue weighted by Crippen LogP contribution is 2.44. The molecule has 0 saturated carbocycles. The second-order valence-electron chi connectivity index (χ2n) is 6.90. The molecule has 0 bridgehead atoms. The Bertz CT molecular complexity index is 1130. The van der Waals surface area contributed by atoms with Gasteiger partial charge in [-0.05, 0) is 29.7 Å². The molecule has 5 rings (SSSR count). The minimum Gasteiger partial charge on any atom is -0.460 e. The number of rotatable bonds is 2. The summed E-state index contributed by atoms with van der Waals surface area (Å²) in [6.45, 7) is 1.97. The van der Waals surface area contributed by atoms with Crippen LogP contribution in [0.15, 0.2) is 77.2 Å². The average Bonchev–Trinajstić information content (AvgIpc) is 3.20. The van der Waals surface area contributed by atoms with Gasteiger partial charge >= 0.3 is 0 Å². The van der Waals surface area contributed by atoms with Crippen molar-refractivity contribution in [3.05, 3.63) is 95.2 Å². The van der Waals surface area contributed by atoms with E-state index in [9.17, 15) is 4.79 Å². The van der Waals surface area contributed by atoms with E-state index in [0.717, 1.165) is 51.0 Å². The van der Waals surface area contributed by atoms with Gasteiger partial charge in [-0.3, -0.25) is 4.79 Å². The lowest BCUT2D eigenvalue weighted by Gasteiger charge is -2.10. The number of Topliss-reactive ketones (excluding diaryl/α,β-unsaturated/α-hetero) is 1. The fourth-order valence-electron chi connectivity index (χ4n) is 4.12. The summed E-state index contributed by atoms with van der Waals surface area (Å²) in [4.78, 5) is 13.3. The zero-order valence-corrected chi connectivity index (χ0v) is 14.5. The first kappa shape index (κ1) is 15.2.